The normalized spacial score (nSPS) is 30.8. The smallest absolute Gasteiger partial charge is 0.259 e. The van der Waals surface area contributed by atoms with Gasteiger partial charge in [-0.05, 0) is 99.4 Å². The van der Waals surface area contributed by atoms with Crippen molar-refractivity contribution in [1.82, 2.24) is 25.2 Å². The minimum absolute atomic E-state index is 0.228. The van der Waals surface area contributed by atoms with Crippen LogP contribution in [0.15, 0.2) is 37.1 Å². The predicted molar refractivity (Wildman–Crippen MR) is 197 cm³/mol. The molecule has 2 aliphatic heterocycles. The number of nitrogens with one attached hydrogen (secondary N) is 3. The number of aryl methyl sites for hydroxylation is 1. The first-order chi connectivity index (χ1) is 24.7. The number of nitrogens with zero attached hydrogens (tertiary/aromatic N) is 2. The van der Waals surface area contributed by atoms with Crippen LogP contribution in [-0.4, -0.2) is 85.8 Å². The zero-order valence-electron chi connectivity index (χ0n) is 30.0. The highest BCUT2D eigenvalue weighted by molar-refractivity contribution is 7.91. The number of carbonyl (C=O) groups excluding carboxylic acids is 2. The molecule has 4 bridgehead atoms. The Hall–Kier alpha value is -3.22. The highest BCUT2D eigenvalue weighted by Gasteiger charge is 2.62. The number of benzene rings is 1. The van der Waals surface area contributed by atoms with Crippen LogP contribution in [-0.2, 0) is 26.0 Å². The molecule has 2 amide bonds. The fraction of sp³-hybridized carbons (Fsp3) is 0.667. The van der Waals surface area contributed by atoms with Gasteiger partial charge in [0.25, 0.3) is 5.91 Å². The second kappa shape index (κ2) is 15.4. The molecule has 0 radical (unpaired) electrons. The summed E-state index contributed by atoms with van der Waals surface area (Å²) in [4.78, 5) is 35.2. The average molecular weight is 722 g/mol. The highest BCUT2D eigenvalue weighted by Crippen LogP contribution is 2.46. The van der Waals surface area contributed by atoms with E-state index in [9.17, 15) is 18.0 Å². The van der Waals surface area contributed by atoms with Gasteiger partial charge in [0.2, 0.25) is 21.8 Å². The number of hydrogen-bond acceptors (Lipinski definition) is 9. The summed E-state index contributed by atoms with van der Waals surface area (Å²) in [6.07, 6.45) is 17.5. The maximum atomic E-state index is 14.6. The van der Waals surface area contributed by atoms with E-state index < -0.39 is 38.9 Å². The van der Waals surface area contributed by atoms with Crippen LogP contribution in [0.2, 0.25) is 0 Å². The van der Waals surface area contributed by atoms with Crippen molar-refractivity contribution in [3.8, 4) is 11.6 Å². The molecule has 3 saturated carbocycles. The molecule has 3 aliphatic carbocycles. The third-order valence-electron chi connectivity index (χ3n) is 12.0. The maximum Gasteiger partial charge on any atom is 0.259 e. The molecule has 5 aliphatic rings. The molecule has 1 saturated heterocycles. The van der Waals surface area contributed by atoms with Crippen LogP contribution in [0.1, 0.15) is 95.5 Å². The van der Waals surface area contributed by atoms with Gasteiger partial charge in [0.1, 0.15) is 23.4 Å². The second-order valence-electron chi connectivity index (χ2n) is 15.5. The number of pyridine rings is 1. The van der Waals surface area contributed by atoms with Crippen LogP contribution in [0, 0.1) is 11.8 Å². The Bertz CT molecular complexity index is 1710. The molecule has 11 nitrogen and oxygen atoms in total. The van der Waals surface area contributed by atoms with Gasteiger partial charge in [-0.25, -0.2) is 13.4 Å². The van der Waals surface area contributed by atoms with E-state index in [2.05, 4.69) is 37.9 Å². The van der Waals surface area contributed by atoms with Gasteiger partial charge in [-0.2, -0.15) is 0 Å². The number of amides is 2. The number of rotatable bonds is 8. The molecule has 3 N–H and O–H groups in total. The van der Waals surface area contributed by atoms with E-state index in [0.29, 0.717) is 50.6 Å². The van der Waals surface area contributed by atoms with Gasteiger partial charge in [0.05, 0.1) is 12.4 Å². The summed E-state index contributed by atoms with van der Waals surface area (Å²) in [6.45, 7) is 6.16. The van der Waals surface area contributed by atoms with Crippen LogP contribution in [0.25, 0.3) is 10.8 Å². The van der Waals surface area contributed by atoms with Crippen molar-refractivity contribution in [2.45, 2.75) is 125 Å². The van der Waals surface area contributed by atoms with E-state index in [-0.39, 0.29) is 17.9 Å². The summed E-state index contributed by atoms with van der Waals surface area (Å²) in [5, 5.41) is 8.26. The lowest BCUT2D eigenvalue weighted by atomic mass is 9.83. The number of carbonyl (C=O) groups is 2. The summed E-state index contributed by atoms with van der Waals surface area (Å²) in [5.41, 5.74) is -0.251. The van der Waals surface area contributed by atoms with Crippen molar-refractivity contribution in [3.05, 3.63) is 42.6 Å². The molecule has 2 aromatic rings. The fourth-order valence-corrected chi connectivity index (χ4v) is 10.1. The number of ether oxygens (including phenoxy) is 2. The van der Waals surface area contributed by atoms with Crippen LogP contribution in [0.5, 0.6) is 11.6 Å². The zero-order chi connectivity index (χ0) is 35.6. The minimum Gasteiger partial charge on any atom is -0.496 e. The molecule has 1 unspecified atom stereocenters. The Morgan fingerprint density at radius 2 is 1.82 bits per heavy atom. The van der Waals surface area contributed by atoms with Gasteiger partial charge >= 0.3 is 0 Å². The third kappa shape index (κ3) is 7.93. The van der Waals surface area contributed by atoms with Gasteiger partial charge < -0.3 is 20.1 Å². The topological polar surface area (TPSA) is 139 Å². The predicted octanol–water partition coefficient (Wildman–Crippen LogP) is 4.78. The van der Waals surface area contributed by atoms with Crippen molar-refractivity contribution in [2.75, 3.05) is 26.7 Å². The molecule has 1 aromatic carbocycles. The van der Waals surface area contributed by atoms with E-state index >= 15 is 0 Å². The first-order valence-corrected chi connectivity index (χ1v) is 20.9. The Kier molecular flexibility index (Phi) is 10.9. The van der Waals surface area contributed by atoms with Crippen LogP contribution >= 0.6 is 0 Å². The molecule has 51 heavy (non-hydrogen) atoms. The van der Waals surface area contributed by atoms with Crippen molar-refractivity contribution in [3.63, 3.8) is 0 Å². The van der Waals surface area contributed by atoms with Crippen molar-refractivity contribution < 1.29 is 27.5 Å². The fourth-order valence-electron chi connectivity index (χ4n) is 8.77. The molecule has 1 aromatic heterocycles. The Labute approximate surface area is 302 Å². The lowest BCUT2D eigenvalue weighted by Crippen LogP contribution is -2.59. The molecule has 3 heterocycles. The summed E-state index contributed by atoms with van der Waals surface area (Å²) >= 11 is 0. The molecular weight excluding hydrogens is 667 g/mol. The standard InChI is InChI=1S/C39H55N5O6S/c1-3-29-24-39(29,38(46)43-51(47,48)30-15-16-30)42-36(45)35-33-18-21-44(35)25-32(26-12-9-7-10-13-26)40-19-11-6-4-5-8-14-28-22-31-27(23-34(28)49-2)17-20-41-37(31)50-33/h3,17,20,22-23,26,29-30,32-33,35,40H,1,4-16,18-19,21,24-25H2,2H3,(H,42,45)(H,43,46)/t29-,32-,33+,35+,39-/m1/s1. The Balaban J connectivity index is 1.21. The van der Waals surface area contributed by atoms with Gasteiger partial charge in [-0.3, -0.25) is 19.2 Å². The molecule has 278 valence electrons. The van der Waals surface area contributed by atoms with Crippen molar-refractivity contribution >= 4 is 32.6 Å². The third-order valence-corrected chi connectivity index (χ3v) is 13.9. The van der Waals surface area contributed by atoms with Gasteiger partial charge in [-0.1, -0.05) is 44.6 Å². The number of methoxy groups -OCH3 is 1. The highest BCUT2D eigenvalue weighted by atomic mass is 32.2. The van der Waals surface area contributed by atoms with Crippen molar-refractivity contribution in [2.24, 2.45) is 11.8 Å². The molecule has 7 rings (SSSR count). The van der Waals surface area contributed by atoms with E-state index in [0.717, 1.165) is 54.3 Å². The van der Waals surface area contributed by atoms with Crippen LogP contribution in [0.3, 0.4) is 0 Å². The molecular formula is C39H55N5O6S. The summed E-state index contributed by atoms with van der Waals surface area (Å²) < 4.78 is 40.5. The Morgan fingerprint density at radius 1 is 1.06 bits per heavy atom. The van der Waals surface area contributed by atoms with Gasteiger partial charge in [0, 0.05) is 36.6 Å². The van der Waals surface area contributed by atoms with Crippen LogP contribution in [0.4, 0.5) is 0 Å². The molecule has 0 spiro atoms. The number of aromatic nitrogens is 1. The summed E-state index contributed by atoms with van der Waals surface area (Å²) in [5.74, 6) is 0.468. The molecule has 12 heteroatoms. The molecule has 4 fully saturated rings. The minimum atomic E-state index is -3.79. The number of hydrogen-bond donors (Lipinski definition) is 3. The largest absolute Gasteiger partial charge is 0.496 e. The lowest BCUT2D eigenvalue weighted by Gasteiger charge is -2.36. The van der Waals surface area contributed by atoms with E-state index in [1.165, 1.54) is 44.9 Å². The van der Waals surface area contributed by atoms with Crippen molar-refractivity contribution in [1.29, 1.82) is 0 Å². The first-order valence-electron chi connectivity index (χ1n) is 19.3. The number of fused-ring (bicyclic) bond motifs is 3. The number of sulfonamides is 1. The zero-order valence-corrected chi connectivity index (χ0v) is 30.9. The maximum absolute atomic E-state index is 14.6. The summed E-state index contributed by atoms with van der Waals surface area (Å²) in [7, 11) is -2.09. The van der Waals surface area contributed by atoms with E-state index in [4.69, 9.17) is 9.47 Å². The second-order valence-corrected chi connectivity index (χ2v) is 17.5. The molecule has 6 atom stereocenters. The summed E-state index contributed by atoms with van der Waals surface area (Å²) in [6, 6.07) is 5.65. The van der Waals surface area contributed by atoms with Crippen LogP contribution < -0.4 is 24.8 Å². The first kappa shape index (κ1) is 36.2. The SMILES string of the molecule is C=C[C@@H]1C[C@]1(NC(=O)[C@@H]1[C@@H]2CCN1C[C@H](C1CCCCC1)NCCCCCCCc1cc3c(nccc3cc1OC)O2)C(=O)NS(=O)(=O)C1CC1. The van der Waals surface area contributed by atoms with Gasteiger partial charge in [-0.15, -0.1) is 6.58 Å². The van der Waals surface area contributed by atoms with E-state index in [1.54, 1.807) is 19.4 Å². The Morgan fingerprint density at radius 3 is 2.57 bits per heavy atom. The quantitative estimate of drug-likeness (QED) is 0.329. The van der Waals surface area contributed by atoms with E-state index in [1.807, 2.05) is 12.1 Å². The monoisotopic (exact) mass is 721 g/mol. The average Bonchev–Trinajstić information content (AvgIpc) is 4.06. The lowest BCUT2D eigenvalue weighted by molar-refractivity contribution is -0.133. The van der Waals surface area contributed by atoms with Gasteiger partial charge in [0.15, 0.2) is 0 Å².